The molecule has 138 valence electrons. The van der Waals surface area contributed by atoms with Crippen LogP contribution in [-0.2, 0) is 4.79 Å². The van der Waals surface area contributed by atoms with Crippen LogP contribution in [0.5, 0.6) is 28.7 Å². The van der Waals surface area contributed by atoms with Gasteiger partial charge < -0.3 is 45.6 Å². The fourth-order valence-electron chi connectivity index (χ4n) is 1.18. The molecule has 8 N–H and O–H groups in total. The first-order valence-electron chi connectivity index (χ1n) is 6.82. The standard InChI is InChI=1S/C9H10O6.C5H12O4/c1-2-6(11)15-5-3-4(10)7(12)9(14)8(5)13;6-1-5(2-7,3-8)4-9/h3,10,12-14H,2H2,1H3;6-9H,1-4H2. The SMILES string of the molecule is CCC(=O)Oc1cc(O)c(O)c(O)c1O.OCC(CO)(CO)CO. The largest absolute Gasteiger partial charge is 0.504 e. The molecule has 0 fully saturated rings. The topological polar surface area (TPSA) is 188 Å². The number of phenols is 4. The van der Waals surface area contributed by atoms with Crippen molar-refractivity contribution in [1.82, 2.24) is 0 Å². The Bertz CT molecular complexity index is 521. The van der Waals surface area contributed by atoms with Crippen LogP contribution in [0.4, 0.5) is 0 Å². The molecule has 0 aliphatic rings. The molecule has 0 atom stereocenters. The first-order chi connectivity index (χ1) is 11.2. The number of aliphatic hydroxyl groups excluding tert-OH is 4. The van der Waals surface area contributed by atoms with Gasteiger partial charge in [-0.05, 0) is 0 Å². The van der Waals surface area contributed by atoms with Gasteiger partial charge in [0.2, 0.25) is 17.2 Å². The smallest absolute Gasteiger partial charge is 0.311 e. The van der Waals surface area contributed by atoms with Gasteiger partial charge in [0.1, 0.15) is 0 Å². The highest BCUT2D eigenvalue weighted by Gasteiger charge is 2.26. The molecular weight excluding hydrogens is 328 g/mol. The molecule has 24 heavy (non-hydrogen) atoms. The number of hydrogen-bond donors (Lipinski definition) is 8. The van der Waals surface area contributed by atoms with Crippen molar-refractivity contribution < 1.29 is 50.4 Å². The molecular formula is C14H22O10. The predicted molar refractivity (Wildman–Crippen MR) is 79.8 cm³/mol. The number of carbonyl (C=O) groups excluding carboxylic acids is 1. The summed E-state index contributed by atoms with van der Waals surface area (Å²) in [6, 6.07) is 0.831. The van der Waals surface area contributed by atoms with E-state index in [2.05, 4.69) is 4.74 Å². The Labute approximate surface area is 137 Å². The molecule has 0 aliphatic heterocycles. The maximum atomic E-state index is 10.9. The summed E-state index contributed by atoms with van der Waals surface area (Å²) in [5.74, 6) is -4.35. The van der Waals surface area contributed by atoms with Crippen molar-refractivity contribution in [3.63, 3.8) is 0 Å². The van der Waals surface area contributed by atoms with Crippen LogP contribution in [0, 0.1) is 5.41 Å². The van der Waals surface area contributed by atoms with E-state index in [4.69, 9.17) is 35.7 Å². The molecule has 0 unspecified atom stereocenters. The first kappa shape index (κ1) is 21.7. The summed E-state index contributed by atoms with van der Waals surface area (Å²) >= 11 is 0. The van der Waals surface area contributed by atoms with Crippen LogP contribution in [0.3, 0.4) is 0 Å². The molecule has 1 aromatic rings. The number of benzene rings is 1. The lowest BCUT2D eigenvalue weighted by Crippen LogP contribution is -2.37. The monoisotopic (exact) mass is 350 g/mol. The zero-order chi connectivity index (χ0) is 18.9. The van der Waals surface area contributed by atoms with E-state index in [1.54, 1.807) is 6.92 Å². The second-order valence-corrected chi connectivity index (χ2v) is 4.90. The van der Waals surface area contributed by atoms with Crippen LogP contribution in [0.2, 0.25) is 0 Å². The van der Waals surface area contributed by atoms with E-state index in [9.17, 15) is 9.90 Å². The van der Waals surface area contributed by atoms with Crippen LogP contribution >= 0.6 is 0 Å². The second-order valence-electron chi connectivity index (χ2n) is 4.90. The minimum Gasteiger partial charge on any atom is -0.504 e. The summed E-state index contributed by atoms with van der Waals surface area (Å²) < 4.78 is 4.59. The lowest BCUT2D eigenvalue weighted by molar-refractivity contribution is -0.134. The van der Waals surface area contributed by atoms with Crippen LogP contribution in [0.25, 0.3) is 0 Å². The van der Waals surface area contributed by atoms with Crippen LogP contribution in [0.1, 0.15) is 13.3 Å². The number of phenolic OH excluding ortho intramolecular Hbond substituents is 4. The molecule has 0 saturated heterocycles. The van der Waals surface area contributed by atoms with Crippen LogP contribution in [0.15, 0.2) is 6.07 Å². The molecule has 0 aliphatic carbocycles. The van der Waals surface area contributed by atoms with Crippen molar-refractivity contribution in [1.29, 1.82) is 0 Å². The molecule has 10 heteroatoms. The Morgan fingerprint density at radius 1 is 0.917 bits per heavy atom. The number of ether oxygens (including phenoxy) is 1. The van der Waals surface area contributed by atoms with Gasteiger partial charge in [-0.25, -0.2) is 0 Å². The number of hydrogen-bond acceptors (Lipinski definition) is 10. The minimum absolute atomic E-state index is 0.0713. The predicted octanol–water partition coefficient (Wildman–Crippen LogP) is -1.23. The maximum Gasteiger partial charge on any atom is 0.311 e. The summed E-state index contributed by atoms with van der Waals surface area (Å²) in [4.78, 5) is 10.9. The Morgan fingerprint density at radius 3 is 1.71 bits per heavy atom. The van der Waals surface area contributed by atoms with Gasteiger partial charge in [-0.2, -0.15) is 0 Å². The van der Waals surface area contributed by atoms with Gasteiger partial charge >= 0.3 is 5.97 Å². The van der Waals surface area contributed by atoms with Crippen molar-refractivity contribution in [2.75, 3.05) is 26.4 Å². The maximum absolute atomic E-state index is 10.9. The molecule has 0 bridgehead atoms. The fraction of sp³-hybridized carbons (Fsp3) is 0.500. The molecule has 0 aromatic heterocycles. The lowest BCUT2D eigenvalue weighted by Gasteiger charge is -2.23. The fourth-order valence-corrected chi connectivity index (χ4v) is 1.18. The number of aliphatic hydroxyl groups is 4. The van der Waals surface area contributed by atoms with E-state index in [-0.39, 0.29) is 6.42 Å². The summed E-state index contributed by atoms with van der Waals surface area (Å²) in [5, 5.41) is 70.4. The Hall–Kier alpha value is -2.27. The molecule has 0 radical (unpaired) electrons. The third-order valence-corrected chi connectivity index (χ3v) is 3.05. The van der Waals surface area contributed by atoms with Crippen molar-refractivity contribution in [3.05, 3.63) is 6.07 Å². The van der Waals surface area contributed by atoms with Crippen LogP contribution in [-0.4, -0.2) is 73.2 Å². The van der Waals surface area contributed by atoms with Gasteiger partial charge in [0.25, 0.3) is 0 Å². The van der Waals surface area contributed by atoms with Crippen LogP contribution < -0.4 is 4.74 Å². The average molecular weight is 350 g/mol. The van der Waals surface area contributed by atoms with Crippen molar-refractivity contribution in [3.8, 4) is 28.7 Å². The molecule has 0 amide bonds. The Kier molecular flexibility index (Phi) is 8.85. The van der Waals surface area contributed by atoms with E-state index >= 15 is 0 Å². The molecule has 0 saturated carbocycles. The second kappa shape index (κ2) is 9.78. The molecule has 0 heterocycles. The highest BCUT2D eigenvalue weighted by Crippen LogP contribution is 2.47. The van der Waals surface area contributed by atoms with E-state index in [0.29, 0.717) is 0 Å². The number of esters is 1. The quantitative estimate of drug-likeness (QED) is 0.133. The highest BCUT2D eigenvalue weighted by atomic mass is 16.5. The average Bonchev–Trinajstić information content (AvgIpc) is 2.60. The number of carbonyl (C=O) groups is 1. The van der Waals surface area contributed by atoms with Gasteiger partial charge in [0.15, 0.2) is 11.5 Å². The van der Waals surface area contributed by atoms with Gasteiger partial charge in [-0.1, -0.05) is 6.92 Å². The van der Waals surface area contributed by atoms with Gasteiger partial charge in [0.05, 0.1) is 31.8 Å². The molecule has 10 nitrogen and oxygen atoms in total. The third kappa shape index (κ3) is 5.42. The summed E-state index contributed by atoms with van der Waals surface area (Å²) in [6.45, 7) is -0.0838. The Morgan fingerprint density at radius 2 is 1.38 bits per heavy atom. The summed E-state index contributed by atoms with van der Waals surface area (Å²) in [6.07, 6.45) is 0.0713. The van der Waals surface area contributed by atoms with E-state index in [1.807, 2.05) is 0 Å². The van der Waals surface area contributed by atoms with Crippen molar-refractivity contribution in [2.45, 2.75) is 13.3 Å². The molecule has 1 rings (SSSR count). The zero-order valence-electron chi connectivity index (χ0n) is 13.0. The summed E-state index contributed by atoms with van der Waals surface area (Å²) in [7, 11) is 0. The van der Waals surface area contributed by atoms with Gasteiger partial charge in [-0.15, -0.1) is 0 Å². The van der Waals surface area contributed by atoms with E-state index < -0.39 is 66.6 Å². The zero-order valence-corrected chi connectivity index (χ0v) is 13.0. The molecule has 0 spiro atoms. The number of rotatable bonds is 6. The minimum atomic E-state index is -1.11. The number of aromatic hydroxyl groups is 4. The van der Waals surface area contributed by atoms with Crippen molar-refractivity contribution >= 4 is 5.97 Å². The normalized spacial score (nSPS) is 10.7. The van der Waals surface area contributed by atoms with Gasteiger partial charge in [-0.3, -0.25) is 4.79 Å². The Balaban J connectivity index is 0.000000506. The highest BCUT2D eigenvalue weighted by molar-refractivity contribution is 5.75. The first-order valence-corrected chi connectivity index (χ1v) is 6.82. The summed E-state index contributed by atoms with van der Waals surface area (Å²) in [5.41, 5.74) is -1.11. The van der Waals surface area contributed by atoms with Crippen molar-refractivity contribution in [2.24, 2.45) is 5.41 Å². The van der Waals surface area contributed by atoms with Gasteiger partial charge in [0, 0.05) is 12.5 Å². The lowest BCUT2D eigenvalue weighted by atomic mass is 9.93. The third-order valence-electron chi connectivity index (χ3n) is 3.05. The molecule has 1 aromatic carbocycles. The van der Waals surface area contributed by atoms with E-state index in [0.717, 1.165) is 6.07 Å². The van der Waals surface area contributed by atoms with E-state index in [1.165, 1.54) is 0 Å².